The van der Waals surface area contributed by atoms with E-state index in [0.717, 1.165) is 11.1 Å². The Morgan fingerprint density at radius 3 is 2.46 bits per heavy atom. The quantitative estimate of drug-likeness (QED) is 0.637. The predicted octanol–water partition coefficient (Wildman–Crippen LogP) is 5.57. The molecule has 0 aliphatic carbocycles. The molecule has 28 heavy (non-hydrogen) atoms. The number of anilines is 1. The van der Waals surface area contributed by atoms with Gasteiger partial charge in [0.25, 0.3) is 0 Å². The molecule has 0 aromatic heterocycles. The number of piperidine rings is 1. The molecule has 2 amide bonds. The van der Waals surface area contributed by atoms with Gasteiger partial charge in [0.15, 0.2) is 0 Å². The highest BCUT2D eigenvalue weighted by Gasteiger charge is 2.44. The second-order valence-corrected chi connectivity index (χ2v) is 9.17. The van der Waals surface area contributed by atoms with Gasteiger partial charge in [0.2, 0.25) is 12.3 Å². The second kappa shape index (κ2) is 8.14. The first-order valence-electron chi connectivity index (χ1n) is 9.25. The predicted molar refractivity (Wildman–Crippen MR) is 114 cm³/mol. The summed E-state index contributed by atoms with van der Waals surface area (Å²) >= 11 is 12.4. The van der Waals surface area contributed by atoms with Crippen molar-refractivity contribution in [2.24, 2.45) is 11.3 Å². The molecule has 0 spiro atoms. The normalized spacial score (nSPS) is 22.5. The highest BCUT2D eigenvalue weighted by molar-refractivity contribution is 6.31. The Hall–Kier alpha value is -2.04. The summed E-state index contributed by atoms with van der Waals surface area (Å²) in [5, 5.41) is 7.08. The summed E-state index contributed by atoms with van der Waals surface area (Å²) in [7, 11) is 0. The number of nitrogens with one attached hydrogen (secondary N) is 2. The first kappa shape index (κ1) is 20.7. The minimum Gasteiger partial charge on any atom is -0.349 e. The standard InChI is InChI=1S/C22H24Cl2N2O2/c1-22(2,3)17-11-19(28)26-21(13-5-4-6-14(23)9-13)20(17)16-8-7-15(24)10-18(16)25-12-27/h4-10,12,17,20-21H,11H2,1-3H3,(H,25,27)(H,26,28)/t17-,20-,21+/m0/s1. The largest absolute Gasteiger partial charge is 0.349 e. The van der Waals surface area contributed by atoms with E-state index in [1.807, 2.05) is 36.4 Å². The van der Waals surface area contributed by atoms with Crippen LogP contribution < -0.4 is 10.6 Å². The number of amides is 2. The van der Waals surface area contributed by atoms with E-state index in [4.69, 9.17) is 23.2 Å². The lowest BCUT2D eigenvalue weighted by Gasteiger charge is -2.45. The number of carbonyl (C=O) groups excluding carboxylic acids is 2. The lowest BCUT2D eigenvalue weighted by atomic mass is 9.63. The Morgan fingerprint density at radius 1 is 1.11 bits per heavy atom. The Kier molecular flexibility index (Phi) is 6.01. The molecule has 1 aliphatic heterocycles. The van der Waals surface area contributed by atoms with Gasteiger partial charge in [-0.05, 0) is 46.7 Å². The fourth-order valence-electron chi connectivity index (χ4n) is 4.12. The highest BCUT2D eigenvalue weighted by Crippen LogP contribution is 2.51. The van der Waals surface area contributed by atoms with Crippen molar-refractivity contribution in [3.63, 3.8) is 0 Å². The van der Waals surface area contributed by atoms with Gasteiger partial charge in [0, 0.05) is 28.1 Å². The number of rotatable bonds is 4. The summed E-state index contributed by atoms with van der Waals surface area (Å²) in [5.74, 6) is 0.00880. The molecule has 1 heterocycles. The van der Waals surface area contributed by atoms with Crippen molar-refractivity contribution in [1.29, 1.82) is 0 Å². The van der Waals surface area contributed by atoms with Crippen LogP contribution in [0.4, 0.5) is 5.69 Å². The molecule has 6 heteroatoms. The van der Waals surface area contributed by atoms with Gasteiger partial charge >= 0.3 is 0 Å². The van der Waals surface area contributed by atoms with Gasteiger partial charge in [-0.3, -0.25) is 9.59 Å². The maximum atomic E-state index is 12.6. The van der Waals surface area contributed by atoms with E-state index in [1.54, 1.807) is 6.07 Å². The molecule has 2 N–H and O–H groups in total. The molecule has 0 radical (unpaired) electrons. The van der Waals surface area contributed by atoms with Crippen molar-refractivity contribution in [2.75, 3.05) is 5.32 Å². The van der Waals surface area contributed by atoms with Crippen molar-refractivity contribution < 1.29 is 9.59 Å². The van der Waals surface area contributed by atoms with Crippen LogP contribution in [-0.4, -0.2) is 12.3 Å². The third-order valence-electron chi connectivity index (χ3n) is 5.42. The third kappa shape index (κ3) is 4.34. The van der Waals surface area contributed by atoms with E-state index in [9.17, 15) is 9.59 Å². The summed E-state index contributed by atoms with van der Waals surface area (Å²) in [6, 6.07) is 12.8. The van der Waals surface area contributed by atoms with Crippen molar-refractivity contribution in [3.05, 3.63) is 63.6 Å². The maximum absolute atomic E-state index is 12.6. The molecule has 1 aliphatic rings. The Balaban J connectivity index is 2.20. The van der Waals surface area contributed by atoms with Crippen LogP contribution in [0.3, 0.4) is 0 Å². The summed E-state index contributed by atoms with van der Waals surface area (Å²) in [6.45, 7) is 6.42. The van der Waals surface area contributed by atoms with Crippen molar-refractivity contribution in [1.82, 2.24) is 5.32 Å². The molecule has 2 aromatic carbocycles. The second-order valence-electron chi connectivity index (χ2n) is 8.30. The minimum absolute atomic E-state index is 0.0139. The van der Waals surface area contributed by atoms with Gasteiger partial charge < -0.3 is 10.6 Å². The molecule has 0 bridgehead atoms. The van der Waals surface area contributed by atoms with Crippen LogP contribution >= 0.6 is 23.2 Å². The molecule has 148 valence electrons. The van der Waals surface area contributed by atoms with Gasteiger partial charge in [0.05, 0.1) is 6.04 Å². The Morgan fingerprint density at radius 2 is 1.82 bits per heavy atom. The smallest absolute Gasteiger partial charge is 0.220 e. The number of carbonyl (C=O) groups is 2. The van der Waals surface area contributed by atoms with Gasteiger partial charge in [-0.15, -0.1) is 0 Å². The maximum Gasteiger partial charge on any atom is 0.220 e. The average molecular weight is 419 g/mol. The molecule has 1 fully saturated rings. The molecule has 0 unspecified atom stereocenters. The molecule has 2 aromatic rings. The van der Waals surface area contributed by atoms with E-state index in [2.05, 4.69) is 31.4 Å². The number of halogens is 2. The SMILES string of the molecule is CC(C)(C)[C@H]1CC(=O)N[C@H](c2cccc(Cl)c2)[C@H]1c1ccc(Cl)cc1NC=O. The van der Waals surface area contributed by atoms with Crippen LogP contribution in [0, 0.1) is 11.3 Å². The zero-order valence-corrected chi connectivity index (χ0v) is 17.6. The fraction of sp³-hybridized carbons (Fsp3) is 0.364. The monoisotopic (exact) mass is 418 g/mol. The number of hydrogen-bond acceptors (Lipinski definition) is 2. The first-order valence-corrected chi connectivity index (χ1v) is 10.0. The average Bonchev–Trinajstić information content (AvgIpc) is 2.61. The summed E-state index contributed by atoms with van der Waals surface area (Å²) < 4.78 is 0. The molecular weight excluding hydrogens is 395 g/mol. The van der Waals surface area contributed by atoms with Crippen LogP contribution in [-0.2, 0) is 9.59 Å². The Labute approximate surface area is 175 Å². The topological polar surface area (TPSA) is 58.2 Å². The lowest BCUT2D eigenvalue weighted by molar-refractivity contribution is -0.127. The number of benzene rings is 2. The van der Waals surface area contributed by atoms with Gasteiger partial charge in [0.1, 0.15) is 0 Å². The van der Waals surface area contributed by atoms with Gasteiger partial charge in [-0.2, -0.15) is 0 Å². The summed E-state index contributed by atoms with van der Waals surface area (Å²) in [6.07, 6.45) is 1.06. The number of hydrogen-bond donors (Lipinski definition) is 2. The zero-order chi connectivity index (χ0) is 20.5. The molecule has 3 rings (SSSR count). The first-order chi connectivity index (χ1) is 13.2. The molecule has 3 atom stereocenters. The fourth-order valence-corrected chi connectivity index (χ4v) is 4.49. The van der Waals surface area contributed by atoms with E-state index >= 15 is 0 Å². The van der Waals surface area contributed by atoms with Crippen LogP contribution in [0.15, 0.2) is 42.5 Å². The molecule has 4 nitrogen and oxygen atoms in total. The Bertz CT molecular complexity index is 892. The third-order valence-corrected chi connectivity index (χ3v) is 5.89. The summed E-state index contributed by atoms with van der Waals surface area (Å²) in [4.78, 5) is 23.8. The van der Waals surface area contributed by atoms with Crippen LogP contribution in [0.25, 0.3) is 0 Å². The molecular formula is C22H24Cl2N2O2. The lowest BCUT2D eigenvalue weighted by Crippen LogP contribution is -2.46. The van der Waals surface area contributed by atoms with E-state index in [0.29, 0.717) is 28.6 Å². The van der Waals surface area contributed by atoms with Crippen LogP contribution in [0.5, 0.6) is 0 Å². The highest BCUT2D eigenvalue weighted by atomic mass is 35.5. The van der Waals surface area contributed by atoms with Gasteiger partial charge in [-0.25, -0.2) is 0 Å². The zero-order valence-electron chi connectivity index (χ0n) is 16.1. The molecule has 0 saturated carbocycles. The van der Waals surface area contributed by atoms with Crippen molar-refractivity contribution in [2.45, 2.75) is 39.2 Å². The van der Waals surface area contributed by atoms with Gasteiger partial charge in [-0.1, -0.05) is 62.2 Å². The van der Waals surface area contributed by atoms with Crippen molar-refractivity contribution in [3.8, 4) is 0 Å². The van der Waals surface area contributed by atoms with E-state index in [-0.39, 0.29) is 29.2 Å². The van der Waals surface area contributed by atoms with E-state index in [1.165, 1.54) is 0 Å². The molecule has 1 saturated heterocycles. The van der Waals surface area contributed by atoms with Crippen LogP contribution in [0.2, 0.25) is 10.0 Å². The summed E-state index contributed by atoms with van der Waals surface area (Å²) in [5.41, 5.74) is 2.41. The van der Waals surface area contributed by atoms with Crippen LogP contribution in [0.1, 0.15) is 50.3 Å². The van der Waals surface area contributed by atoms with Crippen molar-refractivity contribution >= 4 is 41.2 Å². The minimum atomic E-state index is -0.266. The van der Waals surface area contributed by atoms with E-state index < -0.39 is 0 Å².